The SMILES string of the molecule is Cc1c([N+](=O)[O-])c(OCCCCNc2nc(Cl)ncc2Cl)nn1[C@@H]1CCN(C(=O)OC(C)(C)C)CC1(F)F. The standard InChI is InChI=1S/C22H29Cl2F2N7O5/c1-13-16(33(35)36)18(37-10-6-5-8-27-17-14(23)11-28-19(24)29-17)30-32(13)15-7-9-31(12-22(15,25)26)20(34)38-21(2,3)4/h11,15H,5-10,12H2,1-4H3,(H,27,28,29)/t15-/m1/s1. The third-order valence-electron chi connectivity index (χ3n) is 5.60. The molecule has 0 spiro atoms. The first-order valence-corrected chi connectivity index (χ1v) is 12.6. The lowest BCUT2D eigenvalue weighted by atomic mass is 10.0. The van der Waals surface area contributed by atoms with Gasteiger partial charge in [0, 0.05) is 13.1 Å². The zero-order valence-electron chi connectivity index (χ0n) is 21.3. The first-order valence-electron chi connectivity index (χ1n) is 11.8. The lowest BCUT2D eigenvalue weighted by Gasteiger charge is -2.38. The number of anilines is 1. The Kier molecular flexibility index (Phi) is 9.18. The zero-order chi connectivity index (χ0) is 28.3. The fraction of sp³-hybridized carbons (Fsp3) is 0.636. The Hall–Kier alpha value is -3.00. The number of hydrogen-bond acceptors (Lipinski definition) is 9. The van der Waals surface area contributed by atoms with Crippen LogP contribution in [0.15, 0.2) is 6.20 Å². The van der Waals surface area contributed by atoms with E-state index in [4.69, 9.17) is 32.7 Å². The van der Waals surface area contributed by atoms with E-state index in [-0.39, 0.29) is 36.4 Å². The third kappa shape index (κ3) is 7.31. The number of amides is 1. The van der Waals surface area contributed by atoms with E-state index in [1.54, 1.807) is 20.8 Å². The first-order chi connectivity index (χ1) is 17.7. The van der Waals surface area contributed by atoms with Crippen LogP contribution in [0, 0.1) is 17.0 Å². The maximum atomic E-state index is 15.2. The van der Waals surface area contributed by atoms with Crippen molar-refractivity contribution in [2.24, 2.45) is 0 Å². The number of unbranched alkanes of at least 4 members (excludes halogenated alkanes) is 1. The molecule has 2 aromatic heterocycles. The molecule has 3 rings (SSSR count). The van der Waals surface area contributed by atoms with Gasteiger partial charge >= 0.3 is 17.7 Å². The maximum Gasteiger partial charge on any atom is 0.410 e. The molecule has 0 unspecified atom stereocenters. The molecule has 12 nitrogen and oxygen atoms in total. The summed E-state index contributed by atoms with van der Waals surface area (Å²) in [6.45, 7) is 5.86. The minimum atomic E-state index is -3.41. The van der Waals surface area contributed by atoms with Crippen molar-refractivity contribution in [3.8, 4) is 5.88 Å². The highest BCUT2D eigenvalue weighted by atomic mass is 35.5. The van der Waals surface area contributed by atoms with Crippen molar-refractivity contribution in [3.63, 3.8) is 0 Å². The van der Waals surface area contributed by atoms with E-state index in [9.17, 15) is 14.9 Å². The smallest absolute Gasteiger partial charge is 0.410 e. The molecule has 2 aromatic rings. The van der Waals surface area contributed by atoms with Gasteiger partial charge in [-0.25, -0.2) is 23.2 Å². The van der Waals surface area contributed by atoms with Gasteiger partial charge in [-0.2, -0.15) is 4.98 Å². The Morgan fingerprint density at radius 3 is 2.68 bits per heavy atom. The first kappa shape index (κ1) is 29.6. The van der Waals surface area contributed by atoms with Crippen LogP contribution in [0.4, 0.5) is 25.1 Å². The minimum Gasteiger partial charge on any atom is -0.472 e. The Morgan fingerprint density at radius 2 is 2.05 bits per heavy atom. The van der Waals surface area contributed by atoms with Gasteiger partial charge < -0.3 is 19.7 Å². The van der Waals surface area contributed by atoms with Crippen LogP contribution in [-0.2, 0) is 4.74 Å². The number of piperidine rings is 1. The predicted octanol–water partition coefficient (Wildman–Crippen LogP) is 5.28. The Morgan fingerprint density at radius 1 is 1.34 bits per heavy atom. The fourth-order valence-electron chi connectivity index (χ4n) is 3.88. The molecular weight excluding hydrogens is 551 g/mol. The van der Waals surface area contributed by atoms with Crippen LogP contribution < -0.4 is 10.1 Å². The number of nitro groups is 1. The second-order valence-corrected chi connectivity index (χ2v) is 10.5. The number of halogens is 4. The summed E-state index contributed by atoms with van der Waals surface area (Å²) in [4.78, 5) is 31.9. The molecule has 1 saturated heterocycles. The van der Waals surface area contributed by atoms with Gasteiger partial charge in [-0.15, -0.1) is 5.10 Å². The fourth-order valence-corrected chi connectivity index (χ4v) is 4.17. The molecule has 1 aliphatic rings. The highest BCUT2D eigenvalue weighted by Gasteiger charge is 2.49. The second kappa shape index (κ2) is 11.8. The molecule has 0 aliphatic carbocycles. The highest BCUT2D eigenvalue weighted by molar-refractivity contribution is 6.33. The Bertz CT molecular complexity index is 1180. The van der Waals surface area contributed by atoms with Crippen molar-refractivity contribution in [1.29, 1.82) is 0 Å². The number of alkyl halides is 2. The van der Waals surface area contributed by atoms with Crippen molar-refractivity contribution < 1.29 is 28.0 Å². The number of nitrogens with zero attached hydrogens (tertiary/aromatic N) is 6. The molecule has 210 valence electrons. The second-order valence-electron chi connectivity index (χ2n) is 9.73. The third-order valence-corrected chi connectivity index (χ3v) is 6.05. The minimum absolute atomic E-state index is 0.0208. The summed E-state index contributed by atoms with van der Waals surface area (Å²) in [6.07, 6.45) is 1.39. The van der Waals surface area contributed by atoms with E-state index in [1.807, 2.05) is 0 Å². The number of carbonyl (C=O) groups is 1. The molecule has 0 bridgehead atoms. The lowest BCUT2D eigenvalue weighted by molar-refractivity contribution is -0.386. The van der Waals surface area contributed by atoms with Gasteiger partial charge in [-0.05, 0) is 58.6 Å². The topological polar surface area (TPSA) is 138 Å². The van der Waals surface area contributed by atoms with Gasteiger partial charge in [-0.1, -0.05) is 11.6 Å². The van der Waals surface area contributed by atoms with Crippen molar-refractivity contribution in [2.45, 2.75) is 64.5 Å². The summed E-state index contributed by atoms with van der Waals surface area (Å²) in [5, 5.41) is 19.1. The molecule has 0 saturated carbocycles. The van der Waals surface area contributed by atoms with E-state index in [0.29, 0.717) is 30.2 Å². The van der Waals surface area contributed by atoms with Gasteiger partial charge in [0.05, 0.1) is 24.3 Å². The number of carbonyl (C=O) groups excluding carboxylic acids is 1. The van der Waals surface area contributed by atoms with E-state index in [0.717, 1.165) is 9.58 Å². The summed E-state index contributed by atoms with van der Waals surface area (Å²) in [6, 6.07) is -1.49. The van der Waals surface area contributed by atoms with E-state index in [2.05, 4.69) is 20.4 Å². The number of aromatic nitrogens is 4. The van der Waals surface area contributed by atoms with Crippen molar-refractivity contribution in [3.05, 3.63) is 32.3 Å². The van der Waals surface area contributed by atoms with Crippen LogP contribution >= 0.6 is 23.2 Å². The van der Waals surface area contributed by atoms with Crippen molar-refractivity contribution in [1.82, 2.24) is 24.6 Å². The molecule has 1 amide bonds. The van der Waals surface area contributed by atoms with E-state index in [1.165, 1.54) is 13.1 Å². The van der Waals surface area contributed by atoms with Crippen LogP contribution in [0.1, 0.15) is 51.8 Å². The number of nitrogens with one attached hydrogen (secondary N) is 1. The van der Waals surface area contributed by atoms with Gasteiger partial charge in [0.15, 0.2) is 0 Å². The van der Waals surface area contributed by atoms with Gasteiger partial charge in [0.1, 0.15) is 28.2 Å². The summed E-state index contributed by atoms with van der Waals surface area (Å²) < 4.78 is 42.0. The summed E-state index contributed by atoms with van der Waals surface area (Å²) in [5.74, 6) is -3.37. The number of rotatable bonds is 9. The molecule has 1 N–H and O–H groups in total. The molecular formula is C22H29Cl2F2N7O5. The number of hydrogen-bond donors (Lipinski definition) is 1. The van der Waals surface area contributed by atoms with Gasteiger partial charge in [0.25, 0.3) is 5.92 Å². The number of ether oxygens (including phenoxy) is 2. The molecule has 0 radical (unpaired) electrons. The molecule has 1 aliphatic heterocycles. The van der Waals surface area contributed by atoms with E-state index >= 15 is 8.78 Å². The molecule has 3 heterocycles. The molecule has 16 heteroatoms. The average molecular weight is 580 g/mol. The van der Waals surface area contributed by atoms with Crippen molar-refractivity contribution >= 4 is 40.8 Å². The molecule has 1 atom stereocenters. The zero-order valence-corrected chi connectivity index (χ0v) is 22.9. The van der Waals surface area contributed by atoms with Crippen LogP contribution in [0.25, 0.3) is 0 Å². The quantitative estimate of drug-likeness (QED) is 0.182. The summed E-state index contributed by atoms with van der Waals surface area (Å²) >= 11 is 11.7. The summed E-state index contributed by atoms with van der Waals surface area (Å²) in [5.41, 5.74) is -1.37. The Balaban J connectivity index is 1.62. The van der Waals surface area contributed by atoms with Crippen LogP contribution in [0.2, 0.25) is 10.3 Å². The molecule has 0 aromatic carbocycles. The van der Waals surface area contributed by atoms with Gasteiger partial charge in [-0.3, -0.25) is 10.1 Å². The van der Waals surface area contributed by atoms with Crippen LogP contribution in [0.5, 0.6) is 5.88 Å². The molecule has 38 heavy (non-hydrogen) atoms. The largest absolute Gasteiger partial charge is 0.472 e. The lowest BCUT2D eigenvalue weighted by Crippen LogP contribution is -2.52. The Labute approximate surface area is 227 Å². The monoisotopic (exact) mass is 579 g/mol. The van der Waals surface area contributed by atoms with Crippen molar-refractivity contribution in [2.75, 3.05) is 31.6 Å². The maximum absolute atomic E-state index is 15.2. The molecule has 1 fully saturated rings. The normalized spacial score (nSPS) is 17.3. The predicted molar refractivity (Wildman–Crippen MR) is 135 cm³/mol. The van der Waals surface area contributed by atoms with E-state index < -0.39 is 40.8 Å². The van der Waals surface area contributed by atoms with Crippen LogP contribution in [0.3, 0.4) is 0 Å². The number of likely N-dealkylation sites (tertiary alicyclic amines) is 1. The summed E-state index contributed by atoms with van der Waals surface area (Å²) in [7, 11) is 0. The highest BCUT2D eigenvalue weighted by Crippen LogP contribution is 2.41. The van der Waals surface area contributed by atoms with Gasteiger partial charge in [0.2, 0.25) is 5.28 Å². The average Bonchev–Trinajstić information content (AvgIpc) is 3.12. The van der Waals surface area contributed by atoms with Crippen LogP contribution in [-0.4, -0.2) is 73.4 Å².